The van der Waals surface area contributed by atoms with Crippen molar-refractivity contribution in [1.82, 2.24) is 4.31 Å². The Kier molecular flexibility index (Phi) is 4.50. The molecule has 0 bridgehead atoms. The number of hydrogen-bond acceptors (Lipinski definition) is 6. The van der Waals surface area contributed by atoms with E-state index in [9.17, 15) is 16.8 Å². The minimum atomic E-state index is -3.71. The van der Waals surface area contributed by atoms with E-state index in [2.05, 4.69) is 0 Å². The fraction of sp³-hybridized carbons (Fsp3) is 0.444. The lowest BCUT2D eigenvalue weighted by molar-refractivity contribution is 0.486. The zero-order valence-corrected chi connectivity index (χ0v) is 12.3. The highest BCUT2D eigenvalue weighted by Crippen LogP contribution is 2.23. The summed E-state index contributed by atoms with van der Waals surface area (Å²) in [7, 11) is -5.62. The molecule has 0 fully saturated rings. The third kappa shape index (κ3) is 3.78. The Morgan fingerprint density at radius 1 is 1.33 bits per heavy atom. The van der Waals surface area contributed by atoms with Crippen molar-refractivity contribution >= 4 is 31.2 Å². The molecule has 0 radical (unpaired) electrons. The minimum Gasteiger partial charge on any atom is -0.229 e. The van der Waals surface area contributed by atoms with Crippen LogP contribution in [0.1, 0.15) is 4.88 Å². The maximum absolute atomic E-state index is 12.0. The van der Waals surface area contributed by atoms with Gasteiger partial charge >= 0.3 is 0 Å². The first-order valence-electron chi connectivity index (χ1n) is 4.81. The molecule has 0 saturated carbocycles. The van der Waals surface area contributed by atoms with Crippen LogP contribution in [-0.4, -0.2) is 46.7 Å². The zero-order chi connectivity index (χ0) is 14.0. The van der Waals surface area contributed by atoms with Crippen molar-refractivity contribution in [2.45, 2.75) is 4.21 Å². The molecule has 0 saturated heterocycles. The summed E-state index contributed by atoms with van der Waals surface area (Å²) in [5, 5.41) is 8.64. The van der Waals surface area contributed by atoms with Crippen molar-refractivity contribution in [1.29, 1.82) is 5.26 Å². The van der Waals surface area contributed by atoms with Crippen molar-refractivity contribution in [3.63, 3.8) is 0 Å². The van der Waals surface area contributed by atoms with Gasteiger partial charge in [0.15, 0.2) is 0 Å². The van der Waals surface area contributed by atoms with Crippen LogP contribution >= 0.6 is 11.3 Å². The fourth-order valence-corrected chi connectivity index (χ4v) is 4.29. The third-order valence-electron chi connectivity index (χ3n) is 2.13. The number of nitrogens with zero attached hydrogens (tertiary/aromatic N) is 2. The van der Waals surface area contributed by atoms with Crippen molar-refractivity contribution in [2.75, 3.05) is 25.6 Å². The van der Waals surface area contributed by atoms with E-state index in [4.69, 9.17) is 5.26 Å². The standard InChI is InChI=1S/C9H12N2O4S3/c1-11(5-6-17(2,12)13)18(14,15)9-4-3-8(7-10)16-9/h3-4H,5-6H2,1-2H3. The molecule has 1 heterocycles. The molecular weight excluding hydrogens is 296 g/mol. The van der Waals surface area contributed by atoms with Crippen LogP contribution in [0, 0.1) is 11.3 Å². The van der Waals surface area contributed by atoms with Gasteiger partial charge in [-0.1, -0.05) is 0 Å². The van der Waals surface area contributed by atoms with Gasteiger partial charge < -0.3 is 0 Å². The Bertz CT molecular complexity index is 667. The van der Waals surface area contributed by atoms with Crippen LogP contribution in [0.5, 0.6) is 0 Å². The second-order valence-corrected chi connectivity index (χ2v) is 9.30. The van der Waals surface area contributed by atoms with E-state index in [0.717, 1.165) is 21.9 Å². The topological polar surface area (TPSA) is 95.3 Å². The summed E-state index contributed by atoms with van der Waals surface area (Å²) in [5.41, 5.74) is 0. The molecule has 6 nitrogen and oxygen atoms in total. The summed E-state index contributed by atoms with van der Waals surface area (Å²) in [6.07, 6.45) is 1.05. The van der Waals surface area contributed by atoms with Crippen LogP contribution in [0.15, 0.2) is 16.3 Å². The third-order valence-corrected chi connectivity index (χ3v) is 6.37. The van der Waals surface area contributed by atoms with Crippen LogP contribution in [0.3, 0.4) is 0 Å². The molecule has 0 N–H and O–H groups in total. The number of sulfonamides is 1. The summed E-state index contributed by atoms with van der Waals surface area (Å²) >= 11 is 0.861. The molecule has 0 unspecified atom stereocenters. The van der Waals surface area contributed by atoms with Crippen LogP contribution < -0.4 is 0 Å². The van der Waals surface area contributed by atoms with Crippen molar-refractivity contribution in [3.8, 4) is 6.07 Å². The van der Waals surface area contributed by atoms with E-state index in [0.29, 0.717) is 4.88 Å². The fourth-order valence-electron chi connectivity index (χ4n) is 1.09. The van der Waals surface area contributed by atoms with Gasteiger partial charge in [-0.3, -0.25) is 0 Å². The van der Waals surface area contributed by atoms with Crippen LogP contribution in [-0.2, 0) is 19.9 Å². The smallest absolute Gasteiger partial charge is 0.229 e. The summed E-state index contributed by atoms with van der Waals surface area (Å²) in [5.74, 6) is -0.237. The van der Waals surface area contributed by atoms with Crippen LogP contribution in [0.25, 0.3) is 0 Å². The Hall–Kier alpha value is -0.950. The lowest BCUT2D eigenvalue weighted by Crippen LogP contribution is -2.31. The SMILES string of the molecule is CN(CCS(C)(=O)=O)S(=O)(=O)c1ccc(C#N)s1. The van der Waals surface area contributed by atoms with Gasteiger partial charge in [-0.2, -0.15) is 9.57 Å². The van der Waals surface area contributed by atoms with Gasteiger partial charge in [0, 0.05) is 19.8 Å². The van der Waals surface area contributed by atoms with Gasteiger partial charge in [-0.25, -0.2) is 16.8 Å². The Morgan fingerprint density at radius 3 is 2.39 bits per heavy atom. The van der Waals surface area contributed by atoms with E-state index >= 15 is 0 Å². The molecule has 0 aliphatic rings. The molecule has 0 atom stereocenters. The zero-order valence-electron chi connectivity index (χ0n) is 9.82. The van der Waals surface area contributed by atoms with E-state index < -0.39 is 19.9 Å². The largest absolute Gasteiger partial charge is 0.252 e. The number of nitriles is 1. The van der Waals surface area contributed by atoms with Gasteiger partial charge in [0.05, 0.1) is 5.75 Å². The number of hydrogen-bond donors (Lipinski definition) is 0. The molecule has 1 rings (SSSR count). The van der Waals surface area contributed by atoms with Crippen molar-refractivity contribution in [2.24, 2.45) is 0 Å². The predicted octanol–water partition coefficient (Wildman–Crippen LogP) is 0.285. The number of sulfone groups is 1. The highest BCUT2D eigenvalue weighted by molar-refractivity contribution is 7.91. The molecule has 1 aromatic heterocycles. The van der Waals surface area contributed by atoms with Gasteiger partial charge in [0.25, 0.3) is 10.0 Å². The highest BCUT2D eigenvalue weighted by atomic mass is 32.2. The first-order chi connectivity index (χ1) is 8.16. The van der Waals surface area contributed by atoms with E-state index in [1.165, 1.54) is 19.2 Å². The Labute approximate surface area is 110 Å². The molecule has 1 aromatic rings. The van der Waals surface area contributed by atoms with Crippen molar-refractivity contribution in [3.05, 3.63) is 17.0 Å². The molecule has 100 valence electrons. The van der Waals surface area contributed by atoms with E-state index in [-0.39, 0.29) is 16.5 Å². The molecule has 18 heavy (non-hydrogen) atoms. The average Bonchev–Trinajstić information content (AvgIpc) is 2.73. The molecule has 0 amide bonds. The molecule has 0 aliphatic heterocycles. The maximum Gasteiger partial charge on any atom is 0.252 e. The van der Waals surface area contributed by atoms with E-state index in [1.807, 2.05) is 6.07 Å². The monoisotopic (exact) mass is 308 g/mol. The second kappa shape index (κ2) is 5.36. The summed E-state index contributed by atoms with van der Waals surface area (Å²) < 4.78 is 47.0. The summed E-state index contributed by atoms with van der Waals surface area (Å²) in [6.45, 7) is -0.110. The summed E-state index contributed by atoms with van der Waals surface area (Å²) in [4.78, 5) is 0.296. The van der Waals surface area contributed by atoms with Gasteiger partial charge in [-0.05, 0) is 12.1 Å². The molecule has 9 heteroatoms. The number of rotatable bonds is 5. The minimum absolute atomic E-state index is 0.0371. The molecule has 0 aliphatic carbocycles. The summed E-state index contributed by atoms with van der Waals surface area (Å²) in [6, 6.07) is 4.62. The normalized spacial score (nSPS) is 12.6. The van der Waals surface area contributed by atoms with Gasteiger partial charge in [0.1, 0.15) is 25.0 Å². The van der Waals surface area contributed by atoms with E-state index in [1.54, 1.807) is 0 Å². The van der Waals surface area contributed by atoms with Gasteiger partial charge in [0.2, 0.25) is 0 Å². The van der Waals surface area contributed by atoms with Gasteiger partial charge in [-0.15, -0.1) is 11.3 Å². The lowest BCUT2D eigenvalue weighted by atomic mass is 10.5. The first kappa shape index (κ1) is 15.1. The number of thiophene rings is 1. The van der Waals surface area contributed by atoms with Crippen LogP contribution in [0.4, 0.5) is 0 Å². The van der Waals surface area contributed by atoms with Crippen molar-refractivity contribution < 1.29 is 16.8 Å². The lowest BCUT2D eigenvalue weighted by Gasteiger charge is -2.14. The van der Waals surface area contributed by atoms with Crippen LogP contribution in [0.2, 0.25) is 0 Å². The highest BCUT2D eigenvalue weighted by Gasteiger charge is 2.23. The molecule has 0 aromatic carbocycles. The molecular formula is C9H12N2O4S3. The predicted molar refractivity (Wildman–Crippen MR) is 68.6 cm³/mol. The maximum atomic E-state index is 12.0. The Balaban J connectivity index is 2.90. The molecule has 0 spiro atoms. The second-order valence-electron chi connectivity index (χ2n) is 3.69. The first-order valence-corrected chi connectivity index (χ1v) is 9.12. The quantitative estimate of drug-likeness (QED) is 0.779. The average molecular weight is 308 g/mol. The Morgan fingerprint density at radius 2 is 1.94 bits per heavy atom.